The van der Waals surface area contributed by atoms with Crippen LogP contribution in [0.15, 0.2) is 59.1 Å². The van der Waals surface area contributed by atoms with E-state index in [1.807, 2.05) is 30.3 Å². The molecule has 3 aromatic rings. The van der Waals surface area contributed by atoms with E-state index in [2.05, 4.69) is 49.1 Å². The maximum atomic E-state index is 13.3. The van der Waals surface area contributed by atoms with Crippen molar-refractivity contribution in [2.24, 2.45) is 5.92 Å². The number of likely N-dealkylation sites (tertiary alicyclic amines) is 1. The zero-order valence-corrected chi connectivity index (χ0v) is 20.0. The topological polar surface area (TPSA) is 65.7 Å². The van der Waals surface area contributed by atoms with Gasteiger partial charge in [0.15, 0.2) is 0 Å². The van der Waals surface area contributed by atoms with Gasteiger partial charge in [-0.3, -0.25) is 14.6 Å². The molecule has 8 heteroatoms. The average Bonchev–Trinajstić information content (AvgIpc) is 3.33. The number of piperazine rings is 1. The van der Waals surface area contributed by atoms with Crippen LogP contribution in [0.2, 0.25) is 5.02 Å². The van der Waals surface area contributed by atoms with Gasteiger partial charge in [-0.25, -0.2) is 0 Å². The summed E-state index contributed by atoms with van der Waals surface area (Å²) in [5.74, 6) is 1.36. The van der Waals surface area contributed by atoms with Crippen LogP contribution in [0.4, 0.5) is 0 Å². The summed E-state index contributed by atoms with van der Waals surface area (Å²) in [5, 5.41) is 4.70. The Morgan fingerprint density at radius 2 is 1.71 bits per heavy atom. The highest BCUT2D eigenvalue weighted by Gasteiger charge is 2.31. The van der Waals surface area contributed by atoms with Crippen molar-refractivity contribution in [3.63, 3.8) is 0 Å². The molecule has 1 atom stereocenters. The molecule has 34 heavy (non-hydrogen) atoms. The Hall–Kier alpha value is -2.74. The molecule has 2 aliphatic rings. The third kappa shape index (κ3) is 5.49. The van der Waals surface area contributed by atoms with Gasteiger partial charge in [-0.1, -0.05) is 59.2 Å². The number of benzene rings is 2. The average molecular weight is 480 g/mol. The summed E-state index contributed by atoms with van der Waals surface area (Å²) in [6.45, 7) is 6.59. The molecule has 2 saturated heterocycles. The lowest BCUT2D eigenvalue weighted by Crippen LogP contribution is -2.52. The molecule has 0 aliphatic carbocycles. The number of piperidine rings is 1. The number of amides is 1. The molecule has 7 nitrogen and oxygen atoms in total. The van der Waals surface area contributed by atoms with Crippen LogP contribution in [0.25, 0.3) is 11.4 Å². The fraction of sp³-hybridized carbons (Fsp3) is 0.423. The van der Waals surface area contributed by atoms with Gasteiger partial charge >= 0.3 is 0 Å². The van der Waals surface area contributed by atoms with Gasteiger partial charge in [0.2, 0.25) is 17.6 Å². The molecular formula is C26H30ClN5O2. The van der Waals surface area contributed by atoms with Crippen molar-refractivity contribution >= 4 is 17.5 Å². The van der Waals surface area contributed by atoms with Crippen LogP contribution in [0.5, 0.6) is 0 Å². The Bertz CT molecular complexity index is 1100. The third-order valence-corrected chi connectivity index (χ3v) is 7.06. The number of hydrogen-bond acceptors (Lipinski definition) is 6. The van der Waals surface area contributed by atoms with Crippen LogP contribution >= 0.6 is 11.6 Å². The normalized spacial score (nSPS) is 19.9. The van der Waals surface area contributed by atoms with Crippen molar-refractivity contribution in [3.05, 3.63) is 71.1 Å². The number of halogens is 1. The second-order valence-electron chi connectivity index (χ2n) is 9.15. The van der Waals surface area contributed by atoms with Gasteiger partial charge in [0.1, 0.15) is 0 Å². The molecule has 178 valence electrons. The van der Waals surface area contributed by atoms with E-state index in [1.165, 1.54) is 5.56 Å². The molecule has 1 unspecified atom stereocenters. The number of nitrogens with zero attached hydrogens (tertiary/aromatic N) is 5. The molecule has 0 saturated carbocycles. The van der Waals surface area contributed by atoms with E-state index in [0.717, 1.165) is 64.2 Å². The Kier molecular flexibility index (Phi) is 7.23. The number of rotatable bonds is 6. The molecule has 2 aromatic carbocycles. The fourth-order valence-electron chi connectivity index (χ4n) is 4.89. The van der Waals surface area contributed by atoms with E-state index in [9.17, 15) is 4.79 Å². The fourth-order valence-corrected chi connectivity index (χ4v) is 5.11. The van der Waals surface area contributed by atoms with Gasteiger partial charge in [-0.05, 0) is 37.1 Å². The summed E-state index contributed by atoms with van der Waals surface area (Å²) in [6, 6.07) is 18.0. The monoisotopic (exact) mass is 479 g/mol. The SMILES string of the molecule is O=C(C1CCCN(Cc2nc(-c3ccccc3Cl)no2)C1)N1CCN(Cc2ccccc2)CC1. The molecule has 3 heterocycles. The molecular weight excluding hydrogens is 450 g/mol. The molecule has 0 spiro atoms. The number of aromatic nitrogens is 2. The highest BCUT2D eigenvalue weighted by Crippen LogP contribution is 2.26. The summed E-state index contributed by atoms with van der Waals surface area (Å²) < 4.78 is 5.49. The quantitative estimate of drug-likeness (QED) is 0.533. The second kappa shape index (κ2) is 10.7. The van der Waals surface area contributed by atoms with Crippen LogP contribution in [-0.2, 0) is 17.9 Å². The van der Waals surface area contributed by atoms with Crippen molar-refractivity contribution in [1.82, 2.24) is 24.8 Å². The molecule has 5 rings (SSSR count). The Morgan fingerprint density at radius 1 is 0.941 bits per heavy atom. The maximum Gasteiger partial charge on any atom is 0.241 e. The molecule has 2 fully saturated rings. The Morgan fingerprint density at radius 3 is 2.50 bits per heavy atom. The van der Waals surface area contributed by atoms with Crippen LogP contribution in [-0.4, -0.2) is 70.0 Å². The predicted molar refractivity (Wildman–Crippen MR) is 131 cm³/mol. The Labute approximate surface area is 205 Å². The summed E-state index contributed by atoms with van der Waals surface area (Å²) >= 11 is 6.26. The van der Waals surface area contributed by atoms with Gasteiger partial charge in [-0.15, -0.1) is 0 Å². The molecule has 1 amide bonds. The van der Waals surface area contributed by atoms with E-state index in [4.69, 9.17) is 16.1 Å². The zero-order valence-electron chi connectivity index (χ0n) is 19.3. The zero-order chi connectivity index (χ0) is 23.3. The first-order valence-electron chi connectivity index (χ1n) is 12.0. The first-order chi connectivity index (χ1) is 16.7. The molecule has 0 radical (unpaired) electrons. The smallest absolute Gasteiger partial charge is 0.241 e. The summed E-state index contributed by atoms with van der Waals surface area (Å²) in [5.41, 5.74) is 2.08. The van der Waals surface area contributed by atoms with Crippen molar-refractivity contribution < 1.29 is 9.32 Å². The standard InChI is InChI=1S/C26H30ClN5O2/c27-23-11-5-4-10-22(23)25-28-24(34-29-25)19-31-12-6-9-21(18-31)26(33)32-15-13-30(14-16-32)17-20-7-2-1-3-8-20/h1-5,7-8,10-11,21H,6,9,12-19H2. The minimum atomic E-state index is 0.0281. The Balaban J connectivity index is 1.13. The lowest BCUT2D eigenvalue weighted by molar-refractivity contribution is -0.139. The van der Waals surface area contributed by atoms with Gasteiger partial charge in [-0.2, -0.15) is 4.98 Å². The first kappa shape index (κ1) is 23.0. The first-order valence-corrected chi connectivity index (χ1v) is 12.4. The number of carbonyl (C=O) groups excluding carboxylic acids is 1. The van der Waals surface area contributed by atoms with E-state index >= 15 is 0 Å². The molecule has 2 aliphatic heterocycles. The van der Waals surface area contributed by atoms with Crippen molar-refractivity contribution in [3.8, 4) is 11.4 Å². The van der Waals surface area contributed by atoms with E-state index in [-0.39, 0.29) is 11.8 Å². The molecule has 1 aromatic heterocycles. The van der Waals surface area contributed by atoms with Crippen molar-refractivity contribution in [1.29, 1.82) is 0 Å². The summed E-state index contributed by atoms with van der Waals surface area (Å²) in [4.78, 5) is 24.5. The highest BCUT2D eigenvalue weighted by molar-refractivity contribution is 6.33. The molecule has 0 bridgehead atoms. The number of hydrogen-bond donors (Lipinski definition) is 0. The van der Waals surface area contributed by atoms with Gasteiger partial charge in [0.25, 0.3) is 0 Å². The summed E-state index contributed by atoms with van der Waals surface area (Å²) in [7, 11) is 0. The maximum absolute atomic E-state index is 13.3. The van der Waals surface area contributed by atoms with Gasteiger partial charge < -0.3 is 9.42 Å². The lowest BCUT2D eigenvalue weighted by Gasteiger charge is -2.38. The van der Waals surface area contributed by atoms with Gasteiger partial charge in [0, 0.05) is 44.8 Å². The third-order valence-electron chi connectivity index (χ3n) is 6.73. The largest absolute Gasteiger partial charge is 0.340 e. The predicted octanol–water partition coefficient (Wildman–Crippen LogP) is 3.95. The molecule has 0 N–H and O–H groups in total. The van der Waals surface area contributed by atoms with Crippen LogP contribution in [0, 0.1) is 5.92 Å². The van der Waals surface area contributed by atoms with E-state index < -0.39 is 0 Å². The van der Waals surface area contributed by atoms with Gasteiger partial charge in [0.05, 0.1) is 17.5 Å². The van der Waals surface area contributed by atoms with Crippen LogP contribution < -0.4 is 0 Å². The number of carbonyl (C=O) groups is 1. The lowest BCUT2D eigenvalue weighted by atomic mass is 9.96. The highest BCUT2D eigenvalue weighted by atomic mass is 35.5. The van der Waals surface area contributed by atoms with Crippen molar-refractivity contribution in [2.75, 3.05) is 39.3 Å². The van der Waals surface area contributed by atoms with E-state index in [0.29, 0.717) is 23.3 Å². The summed E-state index contributed by atoms with van der Waals surface area (Å²) in [6.07, 6.45) is 1.93. The second-order valence-corrected chi connectivity index (χ2v) is 9.56. The van der Waals surface area contributed by atoms with Crippen molar-refractivity contribution in [2.45, 2.75) is 25.9 Å². The van der Waals surface area contributed by atoms with Crippen LogP contribution in [0.1, 0.15) is 24.3 Å². The minimum Gasteiger partial charge on any atom is -0.340 e. The van der Waals surface area contributed by atoms with E-state index in [1.54, 1.807) is 0 Å². The minimum absolute atomic E-state index is 0.0281. The van der Waals surface area contributed by atoms with Crippen LogP contribution in [0.3, 0.4) is 0 Å².